The summed E-state index contributed by atoms with van der Waals surface area (Å²) in [5, 5.41) is 14.7. The Labute approximate surface area is 213 Å². The second kappa shape index (κ2) is 9.57. The molecule has 5 rings (SSSR count). The Morgan fingerprint density at radius 2 is 1.91 bits per heavy atom. The molecule has 2 aromatic carbocycles. The molecule has 35 heavy (non-hydrogen) atoms. The number of carbonyl (C=O) groups is 1. The van der Waals surface area contributed by atoms with Crippen LogP contribution in [-0.4, -0.2) is 28.9 Å². The number of halogens is 1. The van der Waals surface area contributed by atoms with Crippen LogP contribution >= 0.6 is 22.9 Å². The summed E-state index contributed by atoms with van der Waals surface area (Å²) in [6.45, 7) is 3.46. The molecule has 0 atom stereocenters. The predicted molar refractivity (Wildman–Crippen MR) is 143 cm³/mol. The molecule has 0 aliphatic carbocycles. The van der Waals surface area contributed by atoms with E-state index in [0.29, 0.717) is 32.2 Å². The van der Waals surface area contributed by atoms with Crippen molar-refractivity contribution in [1.82, 2.24) is 9.88 Å². The molecule has 1 aliphatic rings. The smallest absolute Gasteiger partial charge is 0.259 e. The highest BCUT2D eigenvalue weighted by atomic mass is 35.5. The first kappa shape index (κ1) is 23.2. The topological polar surface area (TPSA) is 95.0 Å². The van der Waals surface area contributed by atoms with Gasteiger partial charge in [-0.15, -0.1) is 11.3 Å². The number of nitrogens with zero attached hydrogens (tertiary/aromatic N) is 3. The van der Waals surface area contributed by atoms with Gasteiger partial charge in [-0.25, -0.2) is 4.98 Å². The quantitative estimate of drug-likeness (QED) is 0.322. The van der Waals surface area contributed by atoms with Crippen LogP contribution in [0.5, 0.6) is 0 Å². The molecule has 1 aliphatic heterocycles. The second-order valence-electron chi connectivity index (χ2n) is 8.70. The summed E-state index contributed by atoms with van der Waals surface area (Å²) >= 11 is 7.54. The van der Waals surface area contributed by atoms with Gasteiger partial charge in [-0.3, -0.25) is 4.79 Å². The van der Waals surface area contributed by atoms with Crippen molar-refractivity contribution in [3.63, 3.8) is 0 Å². The maximum atomic E-state index is 13.8. The third-order valence-electron chi connectivity index (χ3n) is 6.23. The molecule has 0 saturated carbocycles. The fourth-order valence-electron chi connectivity index (χ4n) is 4.52. The zero-order valence-electron chi connectivity index (χ0n) is 19.3. The minimum atomic E-state index is -0.0650. The molecule has 1 amide bonds. The van der Waals surface area contributed by atoms with Crippen LogP contribution in [0.2, 0.25) is 5.02 Å². The number of fused-ring (bicyclic) bond motifs is 1. The van der Waals surface area contributed by atoms with Crippen molar-refractivity contribution < 1.29 is 4.79 Å². The number of aromatic nitrogens is 1. The Balaban J connectivity index is 1.77. The average Bonchev–Trinajstić information content (AvgIpc) is 3.21. The van der Waals surface area contributed by atoms with E-state index in [1.165, 1.54) is 11.3 Å². The zero-order chi connectivity index (χ0) is 24.5. The molecule has 2 aromatic heterocycles. The van der Waals surface area contributed by atoms with Gasteiger partial charge in [0.15, 0.2) is 0 Å². The number of pyridine rings is 1. The number of anilines is 3. The molecule has 3 N–H and O–H groups in total. The number of nitrogens with two attached hydrogens (primary N) is 1. The molecule has 0 bridgehead atoms. The van der Waals surface area contributed by atoms with E-state index in [9.17, 15) is 10.1 Å². The zero-order valence-corrected chi connectivity index (χ0v) is 20.8. The summed E-state index contributed by atoms with van der Waals surface area (Å²) < 4.78 is 0.744. The predicted octanol–water partition coefficient (Wildman–Crippen LogP) is 6.75. The highest BCUT2D eigenvalue weighted by molar-refractivity contribution is 7.24. The van der Waals surface area contributed by atoms with Crippen LogP contribution < -0.4 is 11.1 Å². The molecule has 1 saturated heterocycles. The van der Waals surface area contributed by atoms with Gasteiger partial charge in [-0.1, -0.05) is 35.9 Å². The molecule has 3 heterocycles. The third-order valence-corrected chi connectivity index (χ3v) is 7.59. The molecule has 4 aromatic rings. The van der Waals surface area contributed by atoms with Crippen LogP contribution in [0.4, 0.5) is 16.5 Å². The standard InChI is InChI=1S/C27H24ClN5OS/c1-16-6-5-7-19(14-16)31-26-22(27(34)33-12-3-2-4-13-33)23-24(35-26)21(20(15-29)25(30)32-23)17-8-10-18(28)11-9-17/h5-11,14,31H,2-4,12-13H2,1H3,(H2,30,32). The SMILES string of the molecule is Cc1cccc(Nc2sc3c(-c4ccc(Cl)cc4)c(C#N)c(N)nc3c2C(=O)N2CCCCC2)c1. The van der Waals surface area contributed by atoms with E-state index in [-0.39, 0.29) is 11.7 Å². The third kappa shape index (κ3) is 4.43. The van der Waals surface area contributed by atoms with Crippen LogP contribution in [0.15, 0.2) is 48.5 Å². The fraction of sp³-hybridized carbons (Fsp3) is 0.222. The molecular formula is C27H24ClN5OS. The monoisotopic (exact) mass is 501 g/mol. The van der Waals surface area contributed by atoms with Gasteiger partial charge in [0.05, 0.1) is 10.2 Å². The van der Waals surface area contributed by atoms with Crippen LogP contribution in [0.25, 0.3) is 21.3 Å². The van der Waals surface area contributed by atoms with E-state index in [1.54, 1.807) is 12.1 Å². The van der Waals surface area contributed by atoms with Crippen molar-refractivity contribution in [2.24, 2.45) is 0 Å². The summed E-state index contributed by atoms with van der Waals surface area (Å²) in [5.74, 6) is 0.0438. The molecule has 1 fully saturated rings. The lowest BCUT2D eigenvalue weighted by Gasteiger charge is -2.27. The van der Waals surface area contributed by atoms with Crippen LogP contribution in [-0.2, 0) is 0 Å². The van der Waals surface area contributed by atoms with E-state index in [1.807, 2.05) is 48.2 Å². The van der Waals surface area contributed by atoms with Crippen molar-refractivity contribution in [1.29, 1.82) is 5.26 Å². The minimum absolute atomic E-state index is 0.0650. The summed E-state index contributed by atoms with van der Waals surface area (Å²) in [5.41, 5.74) is 11.1. The largest absolute Gasteiger partial charge is 0.383 e. The van der Waals surface area contributed by atoms with E-state index < -0.39 is 0 Å². The van der Waals surface area contributed by atoms with E-state index >= 15 is 0 Å². The maximum Gasteiger partial charge on any atom is 0.259 e. The summed E-state index contributed by atoms with van der Waals surface area (Å²) in [4.78, 5) is 20.3. The van der Waals surface area contributed by atoms with Crippen molar-refractivity contribution in [3.05, 3.63) is 70.2 Å². The number of nitrogen functional groups attached to an aromatic ring is 1. The molecule has 0 unspecified atom stereocenters. The number of hydrogen-bond donors (Lipinski definition) is 2. The number of carbonyl (C=O) groups excluding carboxylic acids is 1. The number of thiophene rings is 1. The molecule has 0 radical (unpaired) electrons. The van der Waals surface area contributed by atoms with Gasteiger partial charge in [0.2, 0.25) is 0 Å². The Kier molecular flexibility index (Phi) is 6.33. The Bertz CT molecular complexity index is 1470. The van der Waals surface area contributed by atoms with Gasteiger partial charge in [-0.2, -0.15) is 5.26 Å². The molecule has 6 nitrogen and oxygen atoms in total. The molecule has 8 heteroatoms. The first-order chi connectivity index (χ1) is 17.0. The van der Waals surface area contributed by atoms with E-state index in [2.05, 4.69) is 16.4 Å². The Hall–Kier alpha value is -3.60. The molecule has 176 valence electrons. The molecule has 0 spiro atoms. The van der Waals surface area contributed by atoms with Crippen LogP contribution in [0, 0.1) is 18.3 Å². The fourth-order valence-corrected chi connectivity index (χ4v) is 5.87. The van der Waals surface area contributed by atoms with E-state index in [4.69, 9.17) is 17.3 Å². The minimum Gasteiger partial charge on any atom is -0.383 e. The van der Waals surface area contributed by atoms with Crippen molar-refractivity contribution in [3.8, 4) is 17.2 Å². The highest BCUT2D eigenvalue weighted by Gasteiger charge is 2.29. The van der Waals surface area contributed by atoms with Crippen LogP contribution in [0.1, 0.15) is 40.7 Å². The summed E-state index contributed by atoms with van der Waals surface area (Å²) in [6.07, 6.45) is 3.09. The lowest BCUT2D eigenvalue weighted by Crippen LogP contribution is -2.35. The average molecular weight is 502 g/mol. The number of piperidine rings is 1. The van der Waals surface area contributed by atoms with Crippen molar-refractivity contribution in [2.45, 2.75) is 26.2 Å². The number of amides is 1. The number of aryl methyl sites for hydroxylation is 1. The van der Waals surface area contributed by atoms with Crippen molar-refractivity contribution >= 4 is 55.6 Å². The summed E-state index contributed by atoms with van der Waals surface area (Å²) in [7, 11) is 0. The van der Waals surface area contributed by atoms with Crippen LogP contribution in [0.3, 0.4) is 0 Å². The first-order valence-electron chi connectivity index (χ1n) is 11.5. The number of likely N-dealkylation sites (tertiary alicyclic amines) is 1. The second-order valence-corrected chi connectivity index (χ2v) is 10.2. The maximum absolute atomic E-state index is 13.8. The Morgan fingerprint density at radius 3 is 2.60 bits per heavy atom. The van der Waals surface area contributed by atoms with E-state index in [0.717, 1.165) is 53.9 Å². The highest BCUT2D eigenvalue weighted by Crippen LogP contribution is 2.45. The molecular weight excluding hydrogens is 478 g/mol. The lowest BCUT2D eigenvalue weighted by molar-refractivity contribution is 0.0727. The first-order valence-corrected chi connectivity index (χ1v) is 12.7. The number of hydrogen-bond acceptors (Lipinski definition) is 6. The van der Waals surface area contributed by atoms with Gasteiger partial charge >= 0.3 is 0 Å². The van der Waals surface area contributed by atoms with Gasteiger partial charge in [0.25, 0.3) is 5.91 Å². The summed E-state index contributed by atoms with van der Waals surface area (Å²) in [6, 6.07) is 17.5. The number of rotatable bonds is 4. The van der Waals surface area contributed by atoms with Gasteiger partial charge in [0, 0.05) is 29.4 Å². The number of nitrogens with one attached hydrogen (secondary N) is 1. The Morgan fingerprint density at radius 1 is 1.17 bits per heavy atom. The number of benzene rings is 2. The van der Waals surface area contributed by atoms with Gasteiger partial charge in [0.1, 0.15) is 28.0 Å². The lowest BCUT2D eigenvalue weighted by atomic mass is 9.99. The van der Waals surface area contributed by atoms with Gasteiger partial charge < -0.3 is 16.0 Å². The number of nitriles is 1. The normalized spacial score (nSPS) is 13.6. The van der Waals surface area contributed by atoms with Gasteiger partial charge in [-0.05, 0) is 61.6 Å². The van der Waals surface area contributed by atoms with Crippen molar-refractivity contribution in [2.75, 3.05) is 24.1 Å².